The molecule has 1 aromatic carbocycles. The summed E-state index contributed by atoms with van der Waals surface area (Å²) in [4.78, 5) is 31.4. The largest absolute Gasteiger partial charge is 0.459 e. The van der Waals surface area contributed by atoms with Gasteiger partial charge in [-0.05, 0) is 70.8 Å². The third-order valence-corrected chi connectivity index (χ3v) is 6.33. The van der Waals surface area contributed by atoms with E-state index in [0.29, 0.717) is 24.6 Å². The van der Waals surface area contributed by atoms with Crippen molar-refractivity contribution in [2.45, 2.75) is 51.7 Å². The number of rotatable bonds is 8. The molecule has 0 aliphatic carbocycles. The van der Waals surface area contributed by atoms with Gasteiger partial charge in [-0.3, -0.25) is 9.78 Å². The van der Waals surface area contributed by atoms with Crippen LogP contribution in [0.4, 0.5) is 4.79 Å². The number of carbonyl (C=O) groups excluding carboxylic acids is 2. The van der Waals surface area contributed by atoms with Crippen LogP contribution in [0, 0.1) is 5.92 Å². The summed E-state index contributed by atoms with van der Waals surface area (Å²) >= 11 is 0. The standard InChI is InChI=1S/C28H36N4O4/c1-28(2,3)36-27(34)30-13-16-32-14-10-20(11-15-32)17-25(33)31-26(22-8-6-12-29-19-22)24-18-21-7-4-5-9-23(21)35-24/h4-9,12,18-20,26H,10-11,13-17H2,1-3H3,(H,30,34)(H,31,33). The lowest BCUT2D eigenvalue weighted by molar-refractivity contribution is -0.123. The number of piperidine rings is 1. The lowest BCUT2D eigenvalue weighted by Crippen LogP contribution is -2.41. The normalized spacial score (nSPS) is 16.0. The number of carbonyl (C=O) groups is 2. The maximum absolute atomic E-state index is 13.1. The molecule has 8 nitrogen and oxygen atoms in total. The van der Waals surface area contributed by atoms with E-state index in [1.807, 2.05) is 63.2 Å². The lowest BCUT2D eigenvalue weighted by atomic mass is 9.93. The van der Waals surface area contributed by atoms with E-state index in [9.17, 15) is 9.59 Å². The van der Waals surface area contributed by atoms with Gasteiger partial charge in [0.1, 0.15) is 23.0 Å². The highest BCUT2D eigenvalue weighted by Crippen LogP contribution is 2.29. The summed E-state index contributed by atoms with van der Waals surface area (Å²) in [5, 5.41) is 7.00. The molecule has 2 amide bonds. The summed E-state index contributed by atoms with van der Waals surface area (Å²) < 4.78 is 11.4. The number of likely N-dealkylation sites (tertiary alicyclic amines) is 1. The van der Waals surface area contributed by atoms with Crippen LogP contribution < -0.4 is 10.6 Å². The fourth-order valence-electron chi connectivity index (χ4n) is 4.54. The van der Waals surface area contributed by atoms with Crippen LogP contribution in [0.2, 0.25) is 0 Å². The van der Waals surface area contributed by atoms with Gasteiger partial charge in [0.05, 0.1) is 0 Å². The van der Waals surface area contributed by atoms with Gasteiger partial charge >= 0.3 is 6.09 Å². The Bertz CT molecular complexity index is 1110. The van der Waals surface area contributed by atoms with Gasteiger partial charge in [0.15, 0.2) is 0 Å². The summed E-state index contributed by atoms with van der Waals surface area (Å²) in [6, 6.07) is 13.2. The minimum atomic E-state index is -0.497. The molecule has 3 heterocycles. The first kappa shape index (κ1) is 25.7. The molecule has 192 valence electrons. The van der Waals surface area contributed by atoms with Gasteiger partial charge in [-0.1, -0.05) is 24.3 Å². The first-order valence-corrected chi connectivity index (χ1v) is 12.6. The highest BCUT2D eigenvalue weighted by molar-refractivity contribution is 5.80. The molecule has 3 aromatic rings. The fraction of sp³-hybridized carbons (Fsp3) is 0.464. The van der Waals surface area contributed by atoms with Crippen LogP contribution in [0.5, 0.6) is 0 Å². The van der Waals surface area contributed by atoms with Crippen LogP contribution >= 0.6 is 0 Å². The average Bonchev–Trinajstić information content (AvgIpc) is 3.27. The van der Waals surface area contributed by atoms with E-state index in [0.717, 1.165) is 49.0 Å². The summed E-state index contributed by atoms with van der Waals surface area (Å²) in [5.74, 6) is 1.03. The van der Waals surface area contributed by atoms with E-state index in [2.05, 4.69) is 20.5 Å². The third-order valence-electron chi connectivity index (χ3n) is 6.33. The number of amides is 2. The highest BCUT2D eigenvalue weighted by atomic mass is 16.6. The Labute approximate surface area is 212 Å². The lowest BCUT2D eigenvalue weighted by Gasteiger charge is -2.32. The Balaban J connectivity index is 1.28. The van der Waals surface area contributed by atoms with Crippen LogP contribution in [0.3, 0.4) is 0 Å². The summed E-state index contributed by atoms with van der Waals surface area (Å²) in [7, 11) is 0. The van der Waals surface area contributed by atoms with Crippen LogP contribution in [-0.4, -0.2) is 53.7 Å². The van der Waals surface area contributed by atoms with E-state index in [1.54, 1.807) is 12.4 Å². The Morgan fingerprint density at radius 2 is 1.94 bits per heavy atom. The van der Waals surface area contributed by atoms with E-state index in [4.69, 9.17) is 9.15 Å². The van der Waals surface area contributed by atoms with Crippen LogP contribution in [0.15, 0.2) is 59.3 Å². The number of nitrogens with one attached hydrogen (secondary N) is 2. The monoisotopic (exact) mass is 492 g/mol. The van der Waals surface area contributed by atoms with Crippen molar-refractivity contribution in [3.8, 4) is 0 Å². The molecular weight excluding hydrogens is 456 g/mol. The Morgan fingerprint density at radius 1 is 1.17 bits per heavy atom. The van der Waals surface area contributed by atoms with Crippen LogP contribution in [-0.2, 0) is 9.53 Å². The smallest absolute Gasteiger partial charge is 0.407 e. The number of pyridine rings is 1. The zero-order valence-electron chi connectivity index (χ0n) is 21.3. The van der Waals surface area contributed by atoms with Gasteiger partial charge in [0.25, 0.3) is 0 Å². The number of hydrogen-bond donors (Lipinski definition) is 2. The molecule has 2 N–H and O–H groups in total. The Kier molecular flexibility index (Phi) is 8.25. The number of benzene rings is 1. The quantitative estimate of drug-likeness (QED) is 0.475. The Hall–Kier alpha value is -3.39. The van der Waals surface area contributed by atoms with E-state index >= 15 is 0 Å². The number of fused-ring (bicyclic) bond motifs is 1. The number of hydrogen-bond acceptors (Lipinski definition) is 6. The molecule has 36 heavy (non-hydrogen) atoms. The average molecular weight is 493 g/mol. The molecule has 8 heteroatoms. The van der Waals surface area contributed by atoms with E-state index in [-0.39, 0.29) is 12.0 Å². The van der Waals surface area contributed by atoms with Crippen molar-refractivity contribution in [3.63, 3.8) is 0 Å². The second-order valence-electron chi connectivity index (χ2n) is 10.4. The molecule has 1 aliphatic rings. The van der Waals surface area contributed by atoms with Gasteiger partial charge in [0.2, 0.25) is 5.91 Å². The zero-order valence-corrected chi connectivity index (χ0v) is 21.3. The highest BCUT2D eigenvalue weighted by Gasteiger charge is 2.25. The van der Waals surface area contributed by atoms with Crippen molar-refractivity contribution in [2.75, 3.05) is 26.2 Å². The molecule has 0 spiro atoms. The molecule has 1 atom stereocenters. The molecule has 0 bridgehead atoms. The van der Waals surface area contributed by atoms with Crippen molar-refractivity contribution in [1.29, 1.82) is 0 Å². The molecule has 1 saturated heterocycles. The molecule has 1 fully saturated rings. The SMILES string of the molecule is CC(C)(C)OC(=O)NCCN1CCC(CC(=O)NC(c2cccnc2)c2cc3ccccc3o2)CC1. The van der Waals surface area contributed by atoms with Crippen molar-refractivity contribution >= 4 is 23.0 Å². The van der Waals surface area contributed by atoms with Crippen molar-refractivity contribution in [2.24, 2.45) is 5.92 Å². The second kappa shape index (κ2) is 11.6. The number of alkyl carbamates (subject to hydrolysis) is 1. The molecular formula is C28H36N4O4. The second-order valence-corrected chi connectivity index (χ2v) is 10.4. The van der Waals surface area contributed by atoms with Crippen molar-refractivity contribution in [1.82, 2.24) is 20.5 Å². The third kappa shape index (κ3) is 7.31. The number of furan rings is 1. The zero-order chi connectivity index (χ0) is 25.5. The predicted molar refractivity (Wildman–Crippen MR) is 138 cm³/mol. The van der Waals surface area contributed by atoms with Gasteiger partial charge in [-0.15, -0.1) is 0 Å². The maximum atomic E-state index is 13.1. The maximum Gasteiger partial charge on any atom is 0.407 e. The van der Waals surface area contributed by atoms with Crippen LogP contribution in [0.25, 0.3) is 11.0 Å². The van der Waals surface area contributed by atoms with Crippen molar-refractivity contribution in [3.05, 3.63) is 66.2 Å². The number of aromatic nitrogens is 1. The number of para-hydroxylation sites is 1. The Morgan fingerprint density at radius 3 is 2.64 bits per heavy atom. The molecule has 4 rings (SSSR count). The molecule has 1 unspecified atom stereocenters. The van der Waals surface area contributed by atoms with Gasteiger partial charge in [-0.25, -0.2) is 4.79 Å². The summed E-state index contributed by atoms with van der Waals surface area (Å²) in [5.41, 5.74) is 1.19. The minimum absolute atomic E-state index is 0.00866. The fourth-order valence-corrected chi connectivity index (χ4v) is 4.54. The van der Waals surface area contributed by atoms with E-state index in [1.165, 1.54) is 0 Å². The molecule has 2 aromatic heterocycles. The van der Waals surface area contributed by atoms with Gasteiger partial charge in [0, 0.05) is 42.9 Å². The van der Waals surface area contributed by atoms with Crippen LogP contribution in [0.1, 0.15) is 57.4 Å². The topological polar surface area (TPSA) is 96.7 Å². The van der Waals surface area contributed by atoms with Gasteiger partial charge in [-0.2, -0.15) is 0 Å². The van der Waals surface area contributed by atoms with Crippen molar-refractivity contribution < 1.29 is 18.7 Å². The van der Waals surface area contributed by atoms with E-state index < -0.39 is 11.6 Å². The molecule has 0 saturated carbocycles. The van der Waals surface area contributed by atoms with Gasteiger partial charge < -0.3 is 24.7 Å². The molecule has 1 aliphatic heterocycles. The number of nitrogens with zero attached hydrogens (tertiary/aromatic N) is 2. The molecule has 0 radical (unpaired) electrons. The first-order valence-electron chi connectivity index (χ1n) is 12.6. The minimum Gasteiger partial charge on any atom is -0.459 e. The predicted octanol–water partition coefficient (Wildman–Crippen LogP) is 4.66. The summed E-state index contributed by atoms with van der Waals surface area (Å²) in [6.07, 6.45) is 5.46. The number of ether oxygens (including phenoxy) is 1. The first-order chi connectivity index (χ1) is 17.3. The summed E-state index contributed by atoms with van der Waals surface area (Å²) in [6.45, 7) is 8.68.